The van der Waals surface area contributed by atoms with Crippen molar-refractivity contribution in [1.82, 2.24) is 18.7 Å². The van der Waals surface area contributed by atoms with Crippen molar-refractivity contribution in [2.45, 2.75) is 6.54 Å². The molecule has 0 unspecified atom stereocenters. The van der Waals surface area contributed by atoms with Crippen molar-refractivity contribution in [2.24, 2.45) is 14.1 Å². The fraction of sp³-hybridized carbons (Fsp3) is 0.188. The molecular formula is C16H14N6O3. The van der Waals surface area contributed by atoms with Crippen LogP contribution in [0.2, 0.25) is 0 Å². The molecule has 3 aromatic rings. The molecule has 2 heterocycles. The highest BCUT2D eigenvalue weighted by Crippen LogP contribution is 2.09. The number of carbonyl (C=O) groups is 1. The second-order valence-electron chi connectivity index (χ2n) is 5.50. The molecule has 0 fully saturated rings. The van der Waals surface area contributed by atoms with E-state index < -0.39 is 23.7 Å². The Bertz CT molecular complexity index is 1150. The van der Waals surface area contributed by atoms with Crippen LogP contribution in [0.25, 0.3) is 11.2 Å². The van der Waals surface area contributed by atoms with Gasteiger partial charge in [0.15, 0.2) is 11.2 Å². The van der Waals surface area contributed by atoms with Gasteiger partial charge in [0.25, 0.3) is 5.56 Å². The Hall–Kier alpha value is -3.67. The van der Waals surface area contributed by atoms with Crippen molar-refractivity contribution >= 4 is 22.8 Å². The largest absolute Gasteiger partial charge is 0.332 e. The number of benzene rings is 1. The molecule has 0 aliphatic heterocycles. The summed E-state index contributed by atoms with van der Waals surface area (Å²) in [6, 6.07) is 8.32. The van der Waals surface area contributed by atoms with Gasteiger partial charge in [0.1, 0.15) is 6.54 Å². The molecule has 25 heavy (non-hydrogen) atoms. The van der Waals surface area contributed by atoms with Crippen LogP contribution in [0.4, 0.5) is 5.69 Å². The van der Waals surface area contributed by atoms with Crippen molar-refractivity contribution in [2.75, 3.05) is 5.32 Å². The van der Waals surface area contributed by atoms with Gasteiger partial charge in [-0.1, -0.05) is 6.07 Å². The molecule has 0 spiro atoms. The van der Waals surface area contributed by atoms with Gasteiger partial charge in [-0.2, -0.15) is 5.26 Å². The maximum absolute atomic E-state index is 12.5. The molecule has 1 N–H and O–H groups in total. The molecule has 0 saturated heterocycles. The van der Waals surface area contributed by atoms with E-state index in [9.17, 15) is 14.4 Å². The van der Waals surface area contributed by atoms with Gasteiger partial charge >= 0.3 is 5.69 Å². The normalized spacial score (nSPS) is 10.6. The first-order valence-corrected chi connectivity index (χ1v) is 7.33. The minimum atomic E-state index is -0.628. The summed E-state index contributed by atoms with van der Waals surface area (Å²) >= 11 is 0. The van der Waals surface area contributed by atoms with Crippen LogP contribution in [0.3, 0.4) is 0 Å². The molecule has 0 atom stereocenters. The molecular weight excluding hydrogens is 324 g/mol. The van der Waals surface area contributed by atoms with E-state index in [2.05, 4.69) is 10.3 Å². The van der Waals surface area contributed by atoms with E-state index in [0.717, 1.165) is 4.57 Å². The van der Waals surface area contributed by atoms with Gasteiger partial charge in [0.2, 0.25) is 5.91 Å². The number of imidazole rings is 1. The minimum Gasteiger partial charge on any atom is -0.328 e. The summed E-state index contributed by atoms with van der Waals surface area (Å²) in [5, 5.41) is 11.5. The minimum absolute atomic E-state index is 0.237. The number of amides is 1. The Morgan fingerprint density at radius 3 is 2.80 bits per heavy atom. The maximum Gasteiger partial charge on any atom is 0.332 e. The van der Waals surface area contributed by atoms with Crippen molar-refractivity contribution < 1.29 is 4.79 Å². The Morgan fingerprint density at radius 1 is 1.32 bits per heavy atom. The first-order valence-electron chi connectivity index (χ1n) is 7.33. The lowest BCUT2D eigenvalue weighted by Crippen LogP contribution is -2.42. The lowest BCUT2D eigenvalue weighted by Gasteiger charge is -2.09. The van der Waals surface area contributed by atoms with Crippen molar-refractivity contribution in [3.8, 4) is 6.07 Å². The number of nitrogens with one attached hydrogen (secondary N) is 1. The summed E-state index contributed by atoms with van der Waals surface area (Å²) in [5.74, 6) is -0.546. The Kier molecular flexibility index (Phi) is 3.94. The number of hydrogen-bond donors (Lipinski definition) is 1. The van der Waals surface area contributed by atoms with Crippen LogP contribution in [-0.4, -0.2) is 24.6 Å². The molecule has 0 radical (unpaired) electrons. The van der Waals surface area contributed by atoms with Gasteiger partial charge in [-0.15, -0.1) is 0 Å². The number of rotatable bonds is 3. The number of aryl methyl sites for hydroxylation is 2. The lowest BCUT2D eigenvalue weighted by molar-refractivity contribution is -0.116. The number of hydrogen-bond acceptors (Lipinski definition) is 5. The number of nitriles is 1. The van der Waals surface area contributed by atoms with Crippen molar-refractivity contribution in [1.29, 1.82) is 5.26 Å². The van der Waals surface area contributed by atoms with Gasteiger partial charge in [-0.25, -0.2) is 14.3 Å². The van der Waals surface area contributed by atoms with Gasteiger partial charge in [-0.3, -0.25) is 14.2 Å². The Labute approximate surface area is 141 Å². The molecule has 0 bridgehead atoms. The summed E-state index contributed by atoms with van der Waals surface area (Å²) < 4.78 is 3.58. The second kappa shape index (κ2) is 6.09. The molecule has 1 aromatic carbocycles. The first kappa shape index (κ1) is 16.2. The van der Waals surface area contributed by atoms with Crippen LogP contribution in [-0.2, 0) is 25.4 Å². The number of nitrogens with zero attached hydrogens (tertiary/aromatic N) is 5. The third-order valence-corrected chi connectivity index (χ3v) is 3.78. The molecule has 9 heteroatoms. The second-order valence-corrected chi connectivity index (χ2v) is 5.50. The first-order chi connectivity index (χ1) is 11.9. The molecule has 126 valence electrons. The Morgan fingerprint density at radius 2 is 2.08 bits per heavy atom. The lowest BCUT2D eigenvalue weighted by atomic mass is 10.2. The van der Waals surface area contributed by atoms with E-state index >= 15 is 0 Å². The Balaban J connectivity index is 1.96. The zero-order valence-electron chi connectivity index (χ0n) is 13.6. The van der Waals surface area contributed by atoms with E-state index in [1.807, 2.05) is 6.07 Å². The number of anilines is 1. The molecule has 0 saturated carbocycles. The average molecular weight is 338 g/mol. The third-order valence-electron chi connectivity index (χ3n) is 3.78. The highest BCUT2D eigenvalue weighted by Gasteiger charge is 2.17. The van der Waals surface area contributed by atoms with Crippen LogP contribution < -0.4 is 16.6 Å². The predicted octanol–water partition coefficient (Wildman–Crippen LogP) is -0.0559. The summed E-state index contributed by atoms with van der Waals surface area (Å²) in [6.45, 7) is -0.441. The van der Waals surface area contributed by atoms with Gasteiger partial charge in [-0.05, 0) is 18.2 Å². The topological polar surface area (TPSA) is 115 Å². The van der Waals surface area contributed by atoms with E-state index in [4.69, 9.17) is 5.26 Å². The van der Waals surface area contributed by atoms with Crippen LogP contribution in [0, 0.1) is 11.3 Å². The maximum atomic E-state index is 12.5. The molecule has 1 amide bonds. The summed E-state index contributed by atoms with van der Waals surface area (Å²) in [5.41, 5.74) is 0.0890. The summed E-state index contributed by atoms with van der Waals surface area (Å²) in [4.78, 5) is 41.2. The van der Waals surface area contributed by atoms with E-state index in [1.165, 1.54) is 28.6 Å². The quantitative estimate of drug-likeness (QED) is 0.719. The molecule has 0 aliphatic carbocycles. The van der Waals surface area contributed by atoms with Crippen molar-refractivity contribution in [3.05, 3.63) is 57.0 Å². The zero-order valence-corrected chi connectivity index (χ0v) is 13.6. The standard InChI is InChI=1S/C16H14N6O3/c1-20-9-18-14-13(20)15(24)22(16(25)21(14)2)8-12(23)19-11-5-3-4-10(6-11)7-17/h3-6,9H,8H2,1-2H3,(H,19,23). The molecule has 0 aliphatic rings. The van der Waals surface area contributed by atoms with Crippen LogP contribution >= 0.6 is 0 Å². The number of carbonyl (C=O) groups excluding carboxylic acids is 1. The van der Waals surface area contributed by atoms with E-state index in [1.54, 1.807) is 25.2 Å². The third kappa shape index (κ3) is 2.81. The average Bonchev–Trinajstić information content (AvgIpc) is 2.99. The van der Waals surface area contributed by atoms with Gasteiger partial charge in [0.05, 0.1) is 18.0 Å². The SMILES string of the molecule is Cn1cnc2c1c(=O)n(CC(=O)Nc1cccc(C#N)c1)c(=O)n2C. The van der Waals surface area contributed by atoms with Crippen molar-refractivity contribution in [3.63, 3.8) is 0 Å². The predicted molar refractivity (Wildman–Crippen MR) is 90.0 cm³/mol. The molecule has 2 aromatic heterocycles. The fourth-order valence-electron chi connectivity index (χ4n) is 2.55. The molecule has 9 nitrogen and oxygen atoms in total. The van der Waals surface area contributed by atoms with Crippen LogP contribution in [0.15, 0.2) is 40.2 Å². The van der Waals surface area contributed by atoms with E-state index in [0.29, 0.717) is 11.3 Å². The van der Waals surface area contributed by atoms with Crippen LogP contribution in [0.1, 0.15) is 5.56 Å². The number of aromatic nitrogens is 4. The number of fused-ring (bicyclic) bond motifs is 1. The highest BCUT2D eigenvalue weighted by molar-refractivity contribution is 5.90. The van der Waals surface area contributed by atoms with Gasteiger partial charge < -0.3 is 9.88 Å². The van der Waals surface area contributed by atoms with Crippen LogP contribution in [0.5, 0.6) is 0 Å². The molecule has 3 rings (SSSR count). The summed E-state index contributed by atoms with van der Waals surface area (Å²) in [7, 11) is 3.13. The smallest absolute Gasteiger partial charge is 0.328 e. The fourth-order valence-corrected chi connectivity index (χ4v) is 2.55. The highest BCUT2D eigenvalue weighted by atomic mass is 16.2. The van der Waals surface area contributed by atoms with E-state index in [-0.39, 0.29) is 11.2 Å². The monoisotopic (exact) mass is 338 g/mol. The van der Waals surface area contributed by atoms with Gasteiger partial charge in [0, 0.05) is 19.8 Å². The zero-order chi connectivity index (χ0) is 18.1. The summed E-state index contributed by atoms with van der Waals surface area (Å²) in [6.07, 6.45) is 1.43.